The van der Waals surface area contributed by atoms with Crippen molar-refractivity contribution in [2.24, 2.45) is 23.7 Å². The molecule has 254 valence electrons. The van der Waals surface area contributed by atoms with Crippen molar-refractivity contribution in [3.05, 3.63) is 30.1 Å². The van der Waals surface area contributed by atoms with Crippen LogP contribution in [0.5, 0.6) is 0 Å². The van der Waals surface area contributed by atoms with Crippen LogP contribution in [-0.4, -0.2) is 63.8 Å². The molecule has 9 heteroatoms. The van der Waals surface area contributed by atoms with Crippen molar-refractivity contribution < 1.29 is 23.9 Å². The van der Waals surface area contributed by atoms with E-state index >= 15 is 0 Å². The molecule has 0 radical (unpaired) electrons. The zero-order valence-electron chi connectivity index (χ0n) is 29.4. The predicted octanol–water partition coefficient (Wildman–Crippen LogP) is 6.64. The largest absolute Gasteiger partial charge is 0.444 e. The number of hydrogen-bond acceptors (Lipinski definition) is 7. The lowest BCUT2D eigenvalue weighted by Crippen LogP contribution is -2.52. The highest BCUT2D eigenvalue weighted by molar-refractivity contribution is 5.99. The van der Waals surface area contributed by atoms with E-state index in [2.05, 4.69) is 15.6 Å². The van der Waals surface area contributed by atoms with Crippen LogP contribution < -0.4 is 10.6 Å². The SMILES string of the molecule is CC[C@H](C)[C@H](NCCc1ccccn1)C(=O)NC(=O)[C@@H](C[C@@H]1OC(C)(C)N(C(=O)OC(C)(C)C)[C@H]1CC1CCCCC1)C(C)C. The molecule has 5 atom stereocenters. The minimum Gasteiger partial charge on any atom is -0.444 e. The summed E-state index contributed by atoms with van der Waals surface area (Å²) in [6.07, 6.45) is 9.66. The second-order valence-electron chi connectivity index (χ2n) is 15.1. The smallest absolute Gasteiger partial charge is 0.412 e. The van der Waals surface area contributed by atoms with Crippen LogP contribution in [0.2, 0.25) is 0 Å². The van der Waals surface area contributed by atoms with E-state index in [4.69, 9.17) is 9.47 Å². The van der Waals surface area contributed by atoms with Crippen LogP contribution in [0.15, 0.2) is 24.4 Å². The molecule has 2 N–H and O–H groups in total. The fourth-order valence-electron chi connectivity index (χ4n) is 6.88. The first-order chi connectivity index (χ1) is 21.1. The molecule has 0 aromatic carbocycles. The fraction of sp³-hybridized carbons (Fsp3) is 0.778. The van der Waals surface area contributed by atoms with Crippen LogP contribution in [0.4, 0.5) is 4.79 Å². The highest BCUT2D eigenvalue weighted by Gasteiger charge is 2.52. The first kappa shape index (κ1) is 36.9. The van der Waals surface area contributed by atoms with Crippen molar-refractivity contribution in [3.8, 4) is 0 Å². The lowest BCUT2D eigenvalue weighted by Gasteiger charge is -2.37. The van der Waals surface area contributed by atoms with Crippen molar-refractivity contribution in [1.29, 1.82) is 0 Å². The van der Waals surface area contributed by atoms with Crippen LogP contribution >= 0.6 is 0 Å². The predicted molar refractivity (Wildman–Crippen MR) is 177 cm³/mol. The summed E-state index contributed by atoms with van der Waals surface area (Å²) in [4.78, 5) is 47.1. The summed E-state index contributed by atoms with van der Waals surface area (Å²) >= 11 is 0. The first-order valence-corrected chi connectivity index (χ1v) is 17.3. The van der Waals surface area contributed by atoms with E-state index in [1.165, 1.54) is 19.3 Å². The van der Waals surface area contributed by atoms with Gasteiger partial charge in [-0.25, -0.2) is 4.79 Å². The molecule has 2 heterocycles. The molecule has 45 heavy (non-hydrogen) atoms. The van der Waals surface area contributed by atoms with Crippen molar-refractivity contribution in [1.82, 2.24) is 20.5 Å². The molecule has 9 nitrogen and oxygen atoms in total. The molecule has 2 fully saturated rings. The number of nitrogens with zero attached hydrogens (tertiary/aromatic N) is 2. The average molecular weight is 629 g/mol. The Kier molecular flexibility index (Phi) is 13.4. The van der Waals surface area contributed by atoms with Gasteiger partial charge < -0.3 is 14.8 Å². The molecule has 3 rings (SSSR count). The molecule has 0 unspecified atom stereocenters. The zero-order valence-corrected chi connectivity index (χ0v) is 29.4. The molecule has 1 aliphatic carbocycles. The number of rotatable bonds is 13. The standard InChI is InChI=1S/C36H60N4O5/c1-10-25(4)31(38-21-19-27-18-14-15-20-37-27)33(42)39-32(41)28(24(2)3)23-30-29(22-26-16-12-11-13-17-26)40(36(8,9)44-30)34(43)45-35(5,6)7/h14-15,18,20,24-26,28-31,38H,10-13,16-17,19,21-23H2,1-9H3,(H,39,41,42)/t25-,28-,29-,30-,31-/m0/s1. The van der Waals surface area contributed by atoms with E-state index in [0.717, 1.165) is 31.4 Å². The molecule has 1 aromatic heterocycles. The van der Waals surface area contributed by atoms with Gasteiger partial charge in [-0.3, -0.25) is 24.8 Å². The van der Waals surface area contributed by atoms with E-state index in [1.54, 1.807) is 11.1 Å². The van der Waals surface area contributed by atoms with Gasteiger partial charge in [-0.1, -0.05) is 72.3 Å². The van der Waals surface area contributed by atoms with E-state index in [9.17, 15) is 14.4 Å². The number of ether oxygens (including phenoxy) is 2. The van der Waals surface area contributed by atoms with E-state index < -0.39 is 23.3 Å². The fourth-order valence-corrected chi connectivity index (χ4v) is 6.88. The number of carbonyl (C=O) groups excluding carboxylic acids is 3. The summed E-state index contributed by atoms with van der Waals surface area (Å²) in [5, 5.41) is 6.14. The molecule has 1 saturated heterocycles. The maximum Gasteiger partial charge on any atom is 0.412 e. The summed E-state index contributed by atoms with van der Waals surface area (Å²) in [5.41, 5.74) is -0.578. The van der Waals surface area contributed by atoms with Gasteiger partial charge in [-0.2, -0.15) is 0 Å². The summed E-state index contributed by atoms with van der Waals surface area (Å²) in [6, 6.07) is 5.08. The summed E-state index contributed by atoms with van der Waals surface area (Å²) < 4.78 is 12.5. The minimum atomic E-state index is -0.890. The molecule has 3 amide bonds. The Morgan fingerprint density at radius 1 is 1.09 bits per heavy atom. The Morgan fingerprint density at radius 2 is 1.78 bits per heavy atom. The zero-order chi connectivity index (χ0) is 33.4. The summed E-state index contributed by atoms with van der Waals surface area (Å²) in [5.74, 6) is -0.552. The summed E-state index contributed by atoms with van der Waals surface area (Å²) in [6.45, 7) is 18.1. The number of amides is 3. The van der Waals surface area contributed by atoms with Crippen LogP contribution in [0.1, 0.15) is 119 Å². The Bertz CT molecular complexity index is 1100. The van der Waals surface area contributed by atoms with Gasteiger partial charge >= 0.3 is 6.09 Å². The lowest BCUT2D eigenvalue weighted by atomic mass is 9.81. The minimum absolute atomic E-state index is 0.0328. The van der Waals surface area contributed by atoms with Gasteiger partial charge in [0.25, 0.3) is 0 Å². The van der Waals surface area contributed by atoms with Crippen LogP contribution in [0, 0.1) is 23.7 Å². The number of pyridine rings is 1. The van der Waals surface area contributed by atoms with Crippen molar-refractivity contribution in [2.75, 3.05) is 6.54 Å². The Balaban J connectivity index is 1.76. The first-order valence-electron chi connectivity index (χ1n) is 17.3. The molecule has 0 spiro atoms. The molecule has 1 aromatic rings. The topological polar surface area (TPSA) is 110 Å². The second-order valence-corrected chi connectivity index (χ2v) is 15.1. The van der Waals surface area contributed by atoms with Crippen LogP contribution in [-0.2, 0) is 25.5 Å². The Labute approximate surface area is 272 Å². The van der Waals surface area contributed by atoms with E-state index in [-0.39, 0.29) is 41.9 Å². The monoisotopic (exact) mass is 628 g/mol. The molecular weight excluding hydrogens is 568 g/mol. The molecule has 0 bridgehead atoms. The number of carbonyl (C=O) groups is 3. The van der Waals surface area contributed by atoms with Gasteiger partial charge in [0.15, 0.2) is 0 Å². The third-order valence-electron chi connectivity index (χ3n) is 9.51. The maximum atomic E-state index is 13.8. The maximum absolute atomic E-state index is 13.8. The van der Waals surface area contributed by atoms with Crippen LogP contribution in [0.25, 0.3) is 0 Å². The number of aromatic nitrogens is 1. The number of hydrogen-bond donors (Lipinski definition) is 2. The van der Waals surface area contributed by atoms with Crippen LogP contribution in [0.3, 0.4) is 0 Å². The number of nitrogens with one attached hydrogen (secondary N) is 2. The Hall–Kier alpha value is -2.52. The van der Waals surface area contributed by atoms with Gasteiger partial charge in [0.1, 0.15) is 11.3 Å². The van der Waals surface area contributed by atoms with Gasteiger partial charge in [-0.05, 0) is 77.3 Å². The lowest BCUT2D eigenvalue weighted by molar-refractivity contribution is -0.137. The van der Waals surface area contributed by atoms with E-state index in [1.807, 2.05) is 80.5 Å². The second kappa shape index (κ2) is 16.3. The molecule has 1 saturated carbocycles. The molecular formula is C36H60N4O5. The van der Waals surface area contributed by atoms with Crippen molar-refractivity contribution in [2.45, 2.75) is 150 Å². The quantitative estimate of drug-likeness (QED) is 0.252. The van der Waals surface area contributed by atoms with Gasteiger partial charge in [0, 0.05) is 30.8 Å². The molecule has 2 aliphatic rings. The van der Waals surface area contributed by atoms with Gasteiger partial charge in [-0.15, -0.1) is 0 Å². The van der Waals surface area contributed by atoms with E-state index in [0.29, 0.717) is 25.3 Å². The highest BCUT2D eigenvalue weighted by atomic mass is 16.6. The highest BCUT2D eigenvalue weighted by Crippen LogP contribution is 2.42. The third-order valence-corrected chi connectivity index (χ3v) is 9.51. The summed E-state index contributed by atoms with van der Waals surface area (Å²) in [7, 11) is 0. The average Bonchev–Trinajstić information content (AvgIpc) is 3.22. The number of imide groups is 1. The van der Waals surface area contributed by atoms with Crippen molar-refractivity contribution >= 4 is 17.9 Å². The van der Waals surface area contributed by atoms with Gasteiger partial charge in [0.2, 0.25) is 11.8 Å². The molecule has 1 aliphatic heterocycles. The van der Waals surface area contributed by atoms with Gasteiger partial charge in [0.05, 0.1) is 18.2 Å². The normalized spacial score (nSPS) is 22.6. The Morgan fingerprint density at radius 3 is 2.36 bits per heavy atom. The van der Waals surface area contributed by atoms with Crippen molar-refractivity contribution in [3.63, 3.8) is 0 Å². The third kappa shape index (κ3) is 10.8.